The lowest BCUT2D eigenvalue weighted by molar-refractivity contribution is -0.135. The molecule has 1 saturated carbocycles. The first-order valence-corrected chi connectivity index (χ1v) is 9.36. The molecular weight excluding hydrogens is 316 g/mol. The van der Waals surface area contributed by atoms with E-state index in [2.05, 4.69) is 9.80 Å². The molecule has 5 heteroatoms. The van der Waals surface area contributed by atoms with E-state index in [4.69, 9.17) is 4.74 Å². The summed E-state index contributed by atoms with van der Waals surface area (Å²) in [5.41, 5.74) is 1.76. The highest BCUT2D eigenvalue weighted by atomic mass is 16.5. The minimum atomic E-state index is -0.303. The molecule has 5 nitrogen and oxygen atoms in total. The van der Waals surface area contributed by atoms with Gasteiger partial charge in [-0.1, -0.05) is 25.0 Å². The zero-order valence-corrected chi connectivity index (χ0v) is 15.1. The average Bonchev–Trinajstić information content (AvgIpc) is 3.08. The molecule has 0 atom stereocenters. The van der Waals surface area contributed by atoms with E-state index in [0.29, 0.717) is 11.5 Å². The zero-order valence-electron chi connectivity index (χ0n) is 15.1. The summed E-state index contributed by atoms with van der Waals surface area (Å²) in [5, 5.41) is 0. The summed E-state index contributed by atoms with van der Waals surface area (Å²) in [6, 6.07) is 7.60. The van der Waals surface area contributed by atoms with Gasteiger partial charge in [0.05, 0.1) is 12.7 Å². The number of ether oxygens (including phenoxy) is 1. The summed E-state index contributed by atoms with van der Waals surface area (Å²) in [7, 11) is 1.39. The van der Waals surface area contributed by atoms with Crippen LogP contribution in [0.5, 0.6) is 0 Å². The third kappa shape index (κ3) is 4.60. The van der Waals surface area contributed by atoms with Gasteiger partial charge in [-0.2, -0.15) is 0 Å². The van der Waals surface area contributed by atoms with Crippen molar-refractivity contribution in [2.45, 2.75) is 38.6 Å². The standard InChI is InChI=1S/C20H28N2O3/c1-25-20(24)18-9-7-16(8-10-18)15-21-11-4-12-22(14-13-21)19(23)17-5-2-3-6-17/h7-10,17H,2-6,11-15H2,1H3. The van der Waals surface area contributed by atoms with Crippen molar-refractivity contribution in [3.63, 3.8) is 0 Å². The highest BCUT2D eigenvalue weighted by Crippen LogP contribution is 2.27. The molecule has 0 radical (unpaired) electrons. The summed E-state index contributed by atoms with van der Waals surface area (Å²) >= 11 is 0. The van der Waals surface area contributed by atoms with Crippen molar-refractivity contribution in [2.75, 3.05) is 33.3 Å². The maximum absolute atomic E-state index is 12.6. The maximum Gasteiger partial charge on any atom is 0.337 e. The minimum absolute atomic E-state index is 0.275. The number of esters is 1. The second-order valence-corrected chi connectivity index (χ2v) is 7.12. The first-order valence-electron chi connectivity index (χ1n) is 9.36. The summed E-state index contributed by atoms with van der Waals surface area (Å²) in [6.07, 6.45) is 5.59. The Bertz CT molecular complexity index is 593. The Balaban J connectivity index is 1.52. The topological polar surface area (TPSA) is 49.9 Å². The smallest absolute Gasteiger partial charge is 0.337 e. The molecule has 1 heterocycles. The van der Waals surface area contributed by atoms with E-state index in [1.54, 1.807) is 0 Å². The van der Waals surface area contributed by atoms with Gasteiger partial charge in [-0.05, 0) is 37.0 Å². The number of carbonyl (C=O) groups excluding carboxylic acids is 2. The molecule has 136 valence electrons. The number of nitrogens with zero attached hydrogens (tertiary/aromatic N) is 2. The lowest BCUT2D eigenvalue weighted by Gasteiger charge is -2.24. The molecule has 0 unspecified atom stereocenters. The number of hydrogen-bond acceptors (Lipinski definition) is 4. The maximum atomic E-state index is 12.6. The van der Waals surface area contributed by atoms with Gasteiger partial charge in [0.25, 0.3) is 0 Å². The van der Waals surface area contributed by atoms with Crippen molar-refractivity contribution in [1.29, 1.82) is 0 Å². The van der Waals surface area contributed by atoms with E-state index in [-0.39, 0.29) is 11.9 Å². The fraction of sp³-hybridized carbons (Fsp3) is 0.600. The third-order valence-electron chi connectivity index (χ3n) is 5.39. The molecule has 2 aliphatic rings. The summed E-state index contributed by atoms with van der Waals surface area (Å²) in [5.74, 6) is 0.349. The molecule has 1 aliphatic carbocycles. The molecule has 1 aliphatic heterocycles. The SMILES string of the molecule is COC(=O)c1ccc(CN2CCCN(C(=O)C3CCCC3)CC2)cc1. The van der Waals surface area contributed by atoms with Crippen LogP contribution in [0, 0.1) is 5.92 Å². The molecule has 1 aromatic rings. The lowest BCUT2D eigenvalue weighted by atomic mass is 10.1. The highest BCUT2D eigenvalue weighted by Gasteiger charge is 2.28. The highest BCUT2D eigenvalue weighted by molar-refractivity contribution is 5.89. The van der Waals surface area contributed by atoms with E-state index in [0.717, 1.165) is 52.0 Å². The van der Waals surface area contributed by atoms with Crippen LogP contribution in [0.4, 0.5) is 0 Å². The summed E-state index contributed by atoms with van der Waals surface area (Å²) < 4.78 is 4.73. The Kier molecular flexibility index (Phi) is 6.08. The van der Waals surface area contributed by atoms with Crippen molar-refractivity contribution < 1.29 is 14.3 Å². The normalized spacial score (nSPS) is 19.6. The second-order valence-electron chi connectivity index (χ2n) is 7.12. The average molecular weight is 344 g/mol. The molecule has 1 amide bonds. The predicted molar refractivity (Wildman–Crippen MR) is 96.2 cm³/mol. The Morgan fingerprint density at radius 1 is 1.00 bits per heavy atom. The van der Waals surface area contributed by atoms with Gasteiger partial charge in [-0.25, -0.2) is 4.79 Å². The van der Waals surface area contributed by atoms with Gasteiger partial charge in [0.15, 0.2) is 0 Å². The van der Waals surface area contributed by atoms with Crippen LogP contribution < -0.4 is 0 Å². The summed E-state index contributed by atoms with van der Waals surface area (Å²) in [6.45, 7) is 4.49. The quantitative estimate of drug-likeness (QED) is 0.788. The molecule has 1 saturated heterocycles. The largest absolute Gasteiger partial charge is 0.465 e. The lowest BCUT2D eigenvalue weighted by Crippen LogP contribution is -2.38. The van der Waals surface area contributed by atoms with E-state index in [1.807, 2.05) is 24.3 Å². The molecule has 0 N–H and O–H groups in total. The molecule has 1 aromatic carbocycles. The van der Waals surface area contributed by atoms with Gasteiger partial charge in [-0.15, -0.1) is 0 Å². The number of hydrogen-bond donors (Lipinski definition) is 0. The van der Waals surface area contributed by atoms with E-state index >= 15 is 0 Å². The van der Waals surface area contributed by atoms with Crippen LogP contribution in [0.1, 0.15) is 48.0 Å². The Labute approximate surface area is 149 Å². The molecule has 2 fully saturated rings. The predicted octanol–water partition coefficient (Wildman–Crippen LogP) is 2.70. The molecule has 0 bridgehead atoms. The number of benzene rings is 1. The van der Waals surface area contributed by atoms with Crippen molar-refractivity contribution >= 4 is 11.9 Å². The van der Waals surface area contributed by atoms with Crippen LogP contribution >= 0.6 is 0 Å². The van der Waals surface area contributed by atoms with Gasteiger partial charge >= 0.3 is 5.97 Å². The number of methoxy groups -OCH3 is 1. The molecule has 3 rings (SSSR count). The van der Waals surface area contributed by atoms with Crippen LogP contribution in [-0.4, -0.2) is 55.0 Å². The monoisotopic (exact) mass is 344 g/mol. The first-order chi connectivity index (χ1) is 12.2. The van der Waals surface area contributed by atoms with Gasteiger partial charge < -0.3 is 9.64 Å². The molecule has 25 heavy (non-hydrogen) atoms. The Morgan fingerprint density at radius 2 is 1.72 bits per heavy atom. The van der Waals surface area contributed by atoms with Crippen molar-refractivity contribution in [3.05, 3.63) is 35.4 Å². The molecular formula is C20H28N2O3. The number of amides is 1. The van der Waals surface area contributed by atoms with Crippen molar-refractivity contribution in [2.24, 2.45) is 5.92 Å². The van der Waals surface area contributed by atoms with E-state index in [1.165, 1.54) is 25.5 Å². The van der Waals surface area contributed by atoms with Gasteiger partial charge in [0.1, 0.15) is 0 Å². The first kappa shape index (κ1) is 17.9. The van der Waals surface area contributed by atoms with Gasteiger partial charge in [-0.3, -0.25) is 9.69 Å². The molecule has 0 spiro atoms. The van der Waals surface area contributed by atoms with Crippen molar-refractivity contribution in [3.8, 4) is 0 Å². The Hall–Kier alpha value is -1.88. The minimum Gasteiger partial charge on any atom is -0.465 e. The fourth-order valence-corrected chi connectivity index (χ4v) is 3.90. The molecule has 0 aromatic heterocycles. The number of carbonyl (C=O) groups is 2. The Morgan fingerprint density at radius 3 is 2.40 bits per heavy atom. The zero-order chi connectivity index (χ0) is 17.6. The van der Waals surface area contributed by atoms with Crippen LogP contribution in [0.3, 0.4) is 0 Å². The van der Waals surface area contributed by atoms with Crippen molar-refractivity contribution in [1.82, 2.24) is 9.80 Å². The van der Waals surface area contributed by atoms with Crippen LogP contribution in [-0.2, 0) is 16.1 Å². The third-order valence-corrected chi connectivity index (χ3v) is 5.39. The van der Waals surface area contributed by atoms with E-state index in [9.17, 15) is 9.59 Å². The second kappa shape index (κ2) is 8.48. The van der Waals surface area contributed by atoms with E-state index < -0.39 is 0 Å². The van der Waals surface area contributed by atoms with Gasteiger partial charge in [0, 0.05) is 38.6 Å². The fourth-order valence-electron chi connectivity index (χ4n) is 3.90. The van der Waals surface area contributed by atoms with Gasteiger partial charge in [0.2, 0.25) is 5.91 Å². The summed E-state index contributed by atoms with van der Waals surface area (Å²) in [4.78, 5) is 28.6. The van der Waals surface area contributed by atoms with Crippen LogP contribution in [0.15, 0.2) is 24.3 Å². The van der Waals surface area contributed by atoms with Crippen LogP contribution in [0.2, 0.25) is 0 Å². The van der Waals surface area contributed by atoms with Crippen LogP contribution in [0.25, 0.3) is 0 Å². The number of rotatable bonds is 4.